The van der Waals surface area contributed by atoms with Gasteiger partial charge in [-0.1, -0.05) is 65.7 Å². The number of aromatic nitrogens is 2. The number of ether oxygens (including phenoxy) is 2. The number of methoxy groups -OCH3 is 2. The quantitative estimate of drug-likeness (QED) is 0.224. The Kier molecular flexibility index (Phi) is 8.46. The zero-order valence-corrected chi connectivity index (χ0v) is 29.4. The first-order valence-electron chi connectivity index (χ1n) is 16.8. The number of carbonyl (C=O) groups excluding carboxylic acids is 1. The Labute approximate surface area is 300 Å². The second-order valence-electron chi connectivity index (χ2n) is 13.9. The lowest BCUT2D eigenvalue weighted by Gasteiger charge is -2.47. The summed E-state index contributed by atoms with van der Waals surface area (Å²) in [6.45, 7) is 3.31. The van der Waals surface area contributed by atoms with Gasteiger partial charge in [0.25, 0.3) is 0 Å². The summed E-state index contributed by atoms with van der Waals surface area (Å²) in [6, 6.07) is 16.2. The fourth-order valence-corrected chi connectivity index (χ4v) is 8.75. The number of nitrogens with zero attached hydrogens (tertiary/aromatic N) is 4. The number of carbonyl (C=O) groups is 2. The smallest absolute Gasteiger partial charge is 0.309 e. The van der Waals surface area contributed by atoms with Crippen LogP contribution in [0.5, 0.6) is 11.6 Å². The highest BCUT2D eigenvalue weighted by molar-refractivity contribution is 6.39. The molecular formula is C38H37Cl2N5O5. The third-order valence-corrected chi connectivity index (χ3v) is 11.5. The number of carboxylic acid groups (broad SMARTS) is 1. The maximum atomic E-state index is 11.7. The molecule has 3 fully saturated rings. The van der Waals surface area contributed by atoms with Crippen LogP contribution in [-0.4, -0.2) is 88.7 Å². The number of hydrogen-bond acceptors (Lipinski definition) is 8. The van der Waals surface area contributed by atoms with Gasteiger partial charge >= 0.3 is 5.97 Å². The summed E-state index contributed by atoms with van der Waals surface area (Å²) in [5.41, 5.74) is 7.64. The second-order valence-corrected chi connectivity index (χ2v) is 14.6. The van der Waals surface area contributed by atoms with Gasteiger partial charge in [0.05, 0.1) is 47.6 Å². The molecule has 4 aliphatic rings. The van der Waals surface area contributed by atoms with E-state index in [1.807, 2.05) is 42.5 Å². The summed E-state index contributed by atoms with van der Waals surface area (Å²) in [7, 11) is 3.27. The van der Waals surface area contributed by atoms with E-state index in [1.165, 1.54) is 11.1 Å². The molecule has 0 bridgehead atoms. The van der Waals surface area contributed by atoms with Crippen LogP contribution in [0.3, 0.4) is 0 Å². The van der Waals surface area contributed by atoms with Gasteiger partial charge in [-0.15, -0.1) is 0 Å². The first kappa shape index (κ1) is 33.0. The number of fused-ring (bicyclic) bond motifs is 1. The number of likely N-dealkylation sites (tertiary alicyclic amines) is 2. The maximum absolute atomic E-state index is 11.7. The highest BCUT2D eigenvalue weighted by Gasteiger charge is 2.47. The van der Waals surface area contributed by atoms with E-state index in [1.54, 1.807) is 20.4 Å². The van der Waals surface area contributed by atoms with Gasteiger partial charge < -0.3 is 19.9 Å². The molecule has 1 aliphatic carbocycles. The molecule has 10 nitrogen and oxygen atoms in total. The predicted octanol–water partition coefficient (Wildman–Crippen LogP) is 5.75. The number of aliphatic carboxylic acids is 1. The first-order chi connectivity index (χ1) is 24.1. The van der Waals surface area contributed by atoms with Gasteiger partial charge in [-0.25, -0.2) is 4.98 Å². The van der Waals surface area contributed by atoms with E-state index in [-0.39, 0.29) is 23.4 Å². The normalized spacial score (nSPS) is 19.9. The molecule has 3 saturated heterocycles. The monoisotopic (exact) mass is 713 g/mol. The summed E-state index contributed by atoms with van der Waals surface area (Å²) in [5, 5.41) is 13.5. The van der Waals surface area contributed by atoms with Crippen molar-refractivity contribution in [3.05, 3.63) is 81.6 Å². The summed E-state index contributed by atoms with van der Waals surface area (Å²) in [5.74, 6) is 0.355. The molecular weight excluding hydrogens is 677 g/mol. The topological polar surface area (TPSA) is 117 Å². The van der Waals surface area contributed by atoms with E-state index in [0.29, 0.717) is 53.2 Å². The van der Waals surface area contributed by atoms with Gasteiger partial charge in [-0.3, -0.25) is 24.4 Å². The van der Waals surface area contributed by atoms with E-state index >= 15 is 0 Å². The number of amides is 1. The Morgan fingerprint density at radius 3 is 2.36 bits per heavy atom. The molecule has 1 amide bonds. The number of rotatable bonds is 9. The molecule has 4 heterocycles. The molecule has 1 spiro atoms. The molecule has 1 atom stereocenters. The molecule has 8 rings (SSSR count). The molecule has 0 unspecified atom stereocenters. The lowest BCUT2D eigenvalue weighted by atomic mass is 9.88. The fourth-order valence-electron chi connectivity index (χ4n) is 8.08. The van der Waals surface area contributed by atoms with Crippen LogP contribution in [0.25, 0.3) is 33.5 Å². The molecule has 2 N–H and O–H groups in total. The highest BCUT2D eigenvalue weighted by atomic mass is 35.5. The van der Waals surface area contributed by atoms with E-state index in [0.717, 1.165) is 66.0 Å². The number of hydrogen-bond donors (Lipinski definition) is 2. The van der Waals surface area contributed by atoms with Crippen molar-refractivity contribution in [3.63, 3.8) is 0 Å². The minimum Gasteiger partial charge on any atom is -0.496 e. The van der Waals surface area contributed by atoms with Gasteiger partial charge in [0.15, 0.2) is 0 Å². The van der Waals surface area contributed by atoms with Gasteiger partial charge in [-0.2, -0.15) is 0 Å². The maximum Gasteiger partial charge on any atom is 0.309 e. The van der Waals surface area contributed by atoms with Crippen LogP contribution < -0.4 is 14.8 Å². The standard InChI is InChI=1S/C38H37Cl2N5O5/c1-49-32-13-22(11-21-12-24(14-29(21)32)45-16-23(17-45)37(47)48)25-5-3-6-26(34(25)39)27-7-4-8-28(35(27)40)30-15-41-31(36(42-30)50-2)18-44-19-38(20-44)10-9-33(46)43-38/h3-8,11,13,15,23-24H,9-10,12,14,16-20H2,1-2H3,(H,43,46)(H,47,48)/t24-/m0/s1. The van der Waals surface area contributed by atoms with E-state index in [4.69, 9.17) is 42.6 Å². The van der Waals surface area contributed by atoms with Crippen LogP contribution in [0.4, 0.5) is 0 Å². The third-order valence-electron chi connectivity index (χ3n) is 10.7. The Balaban J connectivity index is 1.05. The molecule has 258 valence electrons. The largest absolute Gasteiger partial charge is 0.496 e. The Bertz CT molecular complexity index is 2030. The first-order valence-corrected chi connectivity index (χ1v) is 17.6. The lowest BCUT2D eigenvalue weighted by molar-refractivity contribution is -0.148. The molecule has 0 radical (unpaired) electrons. The fraction of sp³-hybridized carbons (Fsp3) is 0.368. The highest BCUT2D eigenvalue weighted by Crippen LogP contribution is 2.45. The van der Waals surface area contributed by atoms with Gasteiger partial charge in [0, 0.05) is 67.4 Å². The number of halogens is 2. The minimum absolute atomic E-state index is 0.108. The summed E-state index contributed by atoms with van der Waals surface area (Å²) >= 11 is 14.3. The van der Waals surface area contributed by atoms with Crippen LogP contribution in [-0.2, 0) is 29.0 Å². The van der Waals surface area contributed by atoms with Crippen LogP contribution in [0.2, 0.25) is 10.0 Å². The molecule has 3 aliphatic heterocycles. The molecule has 3 aromatic carbocycles. The van der Waals surface area contributed by atoms with Crippen molar-refractivity contribution in [1.82, 2.24) is 25.1 Å². The van der Waals surface area contributed by atoms with Gasteiger partial charge in [0.1, 0.15) is 11.4 Å². The van der Waals surface area contributed by atoms with Crippen molar-refractivity contribution < 1.29 is 24.2 Å². The van der Waals surface area contributed by atoms with Crippen molar-refractivity contribution >= 4 is 35.1 Å². The summed E-state index contributed by atoms with van der Waals surface area (Å²) < 4.78 is 11.5. The van der Waals surface area contributed by atoms with Crippen LogP contribution in [0, 0.1) is 5.92 Å². The number of benzene rings is 3. The molecule has 12 heteroatoms. The van der Waals surface area contributed by atoms with Gasteiger partial charge in [0.2, 0.25) is 11.8 Å². The average Bonchev–Trinajstić information content (AvgIpc) is 3.67. The third kappa shape index (κ3) is 5.78. The predicted molar refractivity (Wildman–Crippen MR) is 191 cm³/mol. The Morgan fingerprint density at radius 2 is 1.70 bits per heavy atom. The minimum atomic E-state index is -0.726. The van der Waals surface area contributed by atoms with E-state index < -0.39 is 5.97 Å². The van der Waals surface area contributed by atoms with Crippen molar-refractivity contribution in [1.29, 1.82) is 0 Å². The zero-order valence-electron chi connectivity index (χ0n) is 27.8. The van der Waals surface area contributed by atoms with Crippen molar-refractivity contribution in [2.45, 2.75) is 43.8 Å². The molecule has 1 aromatic heterocycles. The Hall–Kier alpha value is -4.22. The molecule has 0 saturated carbocycles. The molecule has 4 aromatic rings. The van der Waals surface area contributed by atoms with Crippen LogP contribution in [0.15, 0.2) is 54.7 Å². The van der Waals surface area contributed by atoms with Crippen molar-refractivity contribution in [2.75, 3.05) is 40.4 Å². The van der Waals surface area contributed by atoms with Crippen molar-refractivity contribution in [3.8, 4) is 45.1 Å². The lowest BCUT2D eigenvalue weighted by Crippen LogP contribution is -2.66. The summed E-state index contributed by atoms with van der Waals surface area (Å²) in [4.78, 5) is 37.1. The summed E-state index contributed by atoms with van der Waals surface area (Å²) in [6.07, 6.45) is 4.83. The number of nitrogens with one attached hydrogen (secondary N) is 1. The SMILES string of the molecule is COc1cc(-c2cccc(-c3cccc(-c4cnc(CN5CC6(CCC(=O)N6)C5)c(OC)n4)c3Cl)c2Cl)cc2c1C[C@@H](N1CC(C(=O)O)C1)C2. The average molecular weight is 715 g/mol. The molecule has 50 heavy (non-hydrogen) atoms. The van der Waals surface area contributed by atoms with E-state index in [2.05, 4.69) is 21.2 Å². The number of carboxylic acids is 1. The van der Waals surface area contributed by atoms with Crippen molar-refractivity contribution in [2.24, 2.45) is 5.92 Å². The Morgan fingerprint density at radius 1 is 1.00 bits per heavy atom. The van der Waals surface area contributed by atoms with Crippen LogP contribution in [0.1, 0.15) is 29.7 Å². The second kappa shape index (κ2) is 12.8. The van der Waals surface area contributed by atoms with Crippen LogP contribution >= 0.6 is 23.2 Å². The van der Waals surface area contributed by atoms with Gasteiger partial charge in [-0.05, 0) is 42.0 Å². The zero-order chi connectivity index (χ0) is 34.7. The van der Waals surface area contributed by atoms with E-state index in [9.17, 15) is 14.7 Å².